The molecule has 2 atom stereocenters. The third kappa shape index (κ3) is 2.93. The Morgan fingerprint density at radius 2 is 1.81 bits per heavy atom. The standard InChI is InChI=1S/C16H28N2O3/c1-3-5-15(7-9-17-11-15)13(19)18-10-8-16(12-18,6-4-2)14(20)21/h17H,3-12H2,1-2H3,(H,20,21). The molecule has 2 unspecified atom stereocenters. The molecule has 120 valence electrons. The van der Waals surface area contributed by atoms with E-state index in [1.54, 1.807) is 0 Å². The van der Waals surface area contributed by atoms with Crippen LogP contribution in [0, 0.1) is 10.8 Å². The SMILES string of the molecule is CCCC1(C(=O)O)CCN(C(=O)C2(CCC)CCNC2)C1. The number of rotatable bonds is 6. The van der Waals surface area contributed by atoms with Crippen molar-refractivity contribution in [2.75, 3.05) is 26.2 Å². The van der Waals surface area contributed by atoms with Gasteiger partial charge in [-0.3, -0.25) is 9.59 Å². The molecule has 1 amide bonds. The summed E-state index contributed by atoms with van der Waals surface area (Å²) >= 11 is 0. The van der Waals surface area contributed by atoms with E-state index in [1.165, 1.54) is 0 Å². The van der Waals surface area contributed by atoms with Crippen LogP contribution in [0.2, 0.25) is 0 Å². The molecule has 0 aromatic heterocycles. The van der Waals surface area contributed by atoms with E-state index in [-0.39, 0.29) is 11.3 Å². The number of nitrogens with one attached hydrogen (secondary N) is 1. The van der Waals surface area contributed by atoms with E-state index in [0.717, 1.165) is 38.8 Å². The van der Waals surface area contributed by atoms with Crippen molar-refractivity contribution in [3.05, 3.63) is 0 Å². The average Bonchev–Trinajstić information content (AvgIpc) is 3.07. The average molecular weight is 296 g/mol. The predicted octanol–water partition coefficient (Wildman–Crippen LogP) is 1.87. The van der Waals surface area contributed by atoms with Gasteiger partial charge in [0.05, 0.1) is 10.8 Å². The molecule has 2 heterocycles. The first-order valence-electron chi connectivity index (χ1n) is 8.23. The zero-order valence-electron chi connectivity index (χ0n) is 13.3. The summed E-state index contributed by atoms with van der Waals surface area (Å²) in [6.07, 6.45) is 4.85. The van der Waals surface area contributed by atoms with Gasteiger partial charge in [-0.15, -0.1) is 0 Å². The number of amides is 1. The van der Waals surface area contributed by atoms with Gasteiger partial charge in [0.25, 0.3) is 0 Å². The van der Waals surface area contributed by atoms with Crippen LogP contribution in [0.5, 0.6) is 0 Å². The number of carbonyl (C=O) groups excluding carboxylic acids is 1. The highest BCUT2D eigenvalue weighted by atomic mass is 16.4. The van der Waals surface area contributed by atoms with Crippen LogP contribution >= 0.6 is 0 Å². The summed E-state index contributed by atoms with van der Waals surface area (Å²) < 4.78 is 0. The Bertz CT molecular complexity index is 404. The van der Waals surface area contributed by atoms with Gasteiger partial charge in [0.15, 0.2) is 0 Å². The molecule has 0 aromatic rings. The van der Waals surface area contributed by atoms with Gasteiger partial charge < -0.3 is 15.3 Å². The Labute approximate surface area is 127 Å². The summed E-state index contributed by atoms with van der Waals surface area (Å²) in [7, 11) is 0. The molecule has 0 aliphatic carbocycles. The fourth-order valence-corrected chi connectivity index (χ4v) is 4.07. The summed E-state index contributed by atoms with van der Waals surface area (Å²) in [4.78, 5) is 26.5. The van der Waals surface area contributed by atoms with Crippen molar-refractivity contribution in [3.8, 4) is 0 Å². The molecule has 21 heavy (non-hydrogen) atoms. The lowest BCUT2D eigenvalue weighted by Crippen LogP contribution is -2.46. The molecule has 0 saturated carbocycles. The number of carboxylic acid groups (broad SMARTS) is 1. The van der Waals surface area contributed by atoms with Gasteiger partial charge in [-0.05, 0) is 32.2 Å². The number of hydrogen-bond acceptors (Lipinski definition) is 3. The van der Waals surface area contributed by atoms with Crippen molar-refractivity contribution in [2.24, 2.45) is 10.8 Å². The molecule has 2 fully saturated rings. The zero-order chi connectivity index (χ0) is 15.5. The molecular formula is C16H28N2O3. The van der Waals surface area contributed by atoms with Gasteiger partial charge in [0, 0.05) is 19.6 Å². The molecule has 2 aliphatic rings. The third-order valence-electron chi connectivity index (χ3n) is 5.25. The summed E-state index contributed by atoms with van der Waals surface area (Å²) in [6.45, 7) is 6.73. The lowest BCUT2D eigenvalue weighted by Gasteiger charge is -2.32. The Balaban J connectivity index is 2.12. The number of carbonyl (C=O) groups is 2. The predicted molar refractivity (Wildman–Crippen MR) is 81.0 cm³/mol. The van der Waals surface area contributed by atoms with Crippen molar-refractivity contribution in [1.82, 2.24) is 10.2 Å². The van der Waals surface area contributed by atoms with Crippen LogP contribution in [0.15, 0.2) is 0 Å². The fraction of sp³-hybridized carbons (Fsp3) is 0.875. The van der Waals surface area contributed by atoms with E-state index in [1.807, 2.05) is 11.8 Å². The molecule has 0 aromatic carbocycles. The molecule has 2 N–H and O–H groups in total. The molecule has 5 heteroatoms. The second-order valence-corrected chi connectivity index (χ2v) is 6.77. The molecule has 2 saturated heterocycles. The highest BCUT2D eigenvalue weighted by molar-refractivity contribution is 5.85. The van der Waals surface area contributed by atoms with E-state index in [0.29, 0.717) is 25.9 Å². The Kier molecular flexibility index (Phi) is 4.91. The second kappa shape index (κ2) is 6.34. The second-order valence-electron chi connectivity index (χ2n) is 6.77. The Hall–Kier alpha value is -1.10. The van der Waals surface area contributed by atoms with Crippen LogP contribution in [0.25, 0.3) is 0 Å². The first-order chi connectivity index (χ1) is 9.99. The topological polar surface area (TPSA) is 69.6 Å². The van der Waals surface area contributed by atoms with Crippen LogP contribution in [0.1, 0.15) is 52.4 Å². The molecule has 2 rings (SSSR count). The maximum absolute atomic E-state index is 13.0. The van der Waals surface area contributed by atoms with E-state index in [9.17, 15) is 14.7 Å². The van der Waals surface area contributed by atoms with Gasteiger partial charge in [0.2, 0.25) is 5.91 Å². The number of aliphatic carboxylic acids is 1. The molecule has 0 bridgehead atoms. The number of hydrogen-bond donors (Lipinski definition) is 2. The van der Waals surface area contributed by atoms with Gasteiger partial charge >= 0.3 is 5.97 Å². The number of carboxylic acids is 1. The summed E-state index contributed by atoms with van der Waals surface area (Å²) in [5, 5.41) is 12.9. The minimum absolute atomic E-state index is 0.175. The van der Waals surface area contributed by atoms with Crippen LogP contribution in [0.4, 0.5) is 0 Å². The number of nitrogens with zero attached hydrogens (tertiary/aromatic N) is 1. The molecule has 0 radical (unpaired) electrons. The minimum Gasteiger partial charge on any atom is -0.481 e. The van der Waals surface area contributed by atoms with Crippen molar-refractivity contribution in [1.29, 1.82) is 0 Å². The minimum atomic E-state index is -0.742. The largest absolute Gasteiger partial charge is 0.481 e. The number of likely N-dealkylation sites (tertiary alicyclic amines) is 1. The van der Waals surface area contributed by atoms with Gasteiger partial charge in [-0.2, -0.15) is 0 Å². The highest BCUT2D eigenvalue weighted by Gasteiger charge is 2.50. The maximum atomic E-state index is 13.0. The zero-order valence-corrected chi connectivity index (χ0v) is 13.3. The molecule has 2 aliphatic heterocycles. The fourth-order valence-electron chi connectivity index (χ4n) is 4.07. The van der Waals surface area contributed by atoms with Crippen LogP contribution in [0.3, 0.4) is 0 Å². The molecule has 5 nitrogen and oxygen atoms in total. The van der Waals surface area contributed by atoms with Crippen LogP contribution in [-0.2, 0) is 9.59 Å². The van der Waals surface area contributed by atoms with E-state index < -0.39 is 11.4 Å². The quantitative estimate of drug-likeness (QED) is 0.785. The maximum Gasteiger partial charge on any atom is 0.311 e. The Morgan fingerprint density at radius 3 is 2.33 bits per heavy atom. The molecule has 0 spiro atoms. The van der Waals surface area contributed by atoms with Crippen LogP contribution in [-0.4, -0.2) is 48.1 Å². The third-order valence-corrected chi connectivity index (χ3v) is 5.25. The summed E-state index contributed by atoms with van der Waals surface area (Å²) in [5.74, 6) is -0.567. The van der Waals surface area contributed by atoms with E-state index in [4.69, 9.17) is 0 Å². The van der Waals surface area contributed by atoms with Gasteiger partial charge in [-0.1, -0.05) is 26.7 Å². The van der Waals surface area contributed by atoms with E-state index >= 15 is 0 Å². The molecular weight excluding hydrogens is 268 g/mol. The lowest BCUT2D eigenvalue weighted by atomic mass is 9.80. The van der Waals surface area contributed by atoms with Crippen molar-refractivity contribution in [3.63, 3.8) is 0 Å². The van der Waals surface area contributed by atoms with E-state index in [2.05, 4.69) is 12.2 Å². The first kappa shape index (κ1) is 16.3. The Morgan fingerprint density at radius 1 is 1.14 bits per heavy atom. The van der Waals surface area contributed by atoms with Crippen LogP contribution < -0.4 is 5.32 Å². The first-order valence-corrected chi connectivity index (χ1v) is 8.23. The van der Waals surface area contributed by atoms with Crippen molar-refractivity contribution in [2.45, 2.75) is 52.4 Å². The normalized spacial score (nSPS) is 32.6. The van der Waals surface area contributed by atoms with Gasteiger partial charge in [0.1, 0.15) is 0 Å². The monoisotopic (exact) mass is 296 g/mol. The van der Waals surface area contributed by atoms with Crippen molar-refractivity contribution >= 4 is 11.9 Å². The highest BCUT2D eigenvalue weighted by Crippen LogP contribution is 2.40. The summed E-state index contributed by atoms with van der Waals surface area (Å²) in [5.41, 5.74) is -1.01. The summed E-state index contributed by atoms with van der Waals surface area (Å²) in [6, 6.07) is 0. The van der Waals surface area contributed by atoms with Gasteiger partial charge in [-0.25, -0.2) is 0 Å². The smallest absolute Gasteiger partial charge is 0.311 e. The lowest BCUT2D eigenvalue weighted by molar-refractivity contribution is -0.149. The van der Waals surface area contributed by atoms with Crippen molar-refractivity contribution < 1.29 is 14.7 Å².